The molecule has 0 saturated heterocycles. The van der Waals surface area contributed by atoms with Gasteiger partial charge in [-0.3, -0.25) is 11.1 Å². The molecule has 1 aromatic carbocycles. The van der Waals surface area contributed by atoms with Gasteiger partial charge >= 0.3 is 0 Å². The lowest BCUT2D eigenvalue weighted by Gasteiger charge is -2.02. The standard InChI is InChI=1S/C10H10N4S/c11-8-2-1-6(5-7(8)9(12)13)10-14-3-4-15-10/h1-5H,11H2,(H3,12,13)/p+1. The van der Waals surface area contributed by atoms with Crippen molar-refractivity contribution < 1.29 is 5.41 Å². The Labute approximate surface area is 91.1 Å². The van der Waals surface area contributed by atoms with E-state index in [-0.39, 0.29) is 5.84 Å². The van der Waals surface area contributed by atoms with Crippen molar-refractivity contribution in [1.29, 1.82) is 0 Å². The molecule has 0 fully saturated rings. The molecule has 4 nitrogen and oxygen atoms in total. The number of benzene rings is 1. The van der Waals surface area contributed by atoms with Gasteiger partial charge in [-0.15, -0.1) is 11.3 Å². The maximum Gasteiger partial charge on any atom is 0.272 e. The molecule has 0 aliphatic carbocycles. The Bertz CT molecular complexity index is 490. The van der Waals surface area contributed by atoms with Crippen LogP contribution in [-0.2, 0) is 0 Å². The third-order valence-electron chi connectivity index (χ3n) is 2.04. The zero-order valence-corrected chi connectivity index (χ0v) is 8.79. The van der Waals surface area contributed by atoms with Gasteiger partial charge in [0.2, 0.25) is 0 Å². The van der Waals surface area contributed by atoms with Crippen molar-refractivity contribution in [2.45, 2.75) is 0 Å². The van der Waals surface area contributed by atoms with E-state index in [2.05, 4.69) is 4.98 Å². The minimum absolute atomic E-state index is 0.228. The lowest BCUT2D eigenvalue weighted by Crippen LogP contribution is -2.46. The number of aromatic nitrogens is 1. The average molecular weight is 219 g/mol. The first-order valence-electron chi connectivity index (χ1n) is 4.36. The van der Waals surface area contributed by atoms with Gasteiger partial charge in [-0.25, -0.2) is 4.98 Å². The molecule has 0 aliphatic heterocycles. The molecule has 0 aliphatic rings. The summed E-state index contributed by atoms with van der Waals surface area (Å²) in [7, 11) is 0. The van der Waals surface area contributed by atoms with E-state index in [1.54, 1.807) is 23.6 Å². The Kier molecular flexibility index (Phi) is 2.39. The molecule has 0 saturated carbocycles. The summed E-state index contributed by atoms with van der Waals surface area (Å²) in [6.07, 6.45) is 1.76. The first-order chi connectivity index (χ1) is 7.18. The molecule has 1 heterocycles. The summed E-state index contributed by atoms with van der Waals surface area (Å²) in [6.45, 7) is 0. The number of nitrogens with zero attached hydrogens (tertiary/aromatic N) is 1. The van der Waals surface area contributed by atoms with E-state index in [0.717, 1.165) is 10.6 Å². The lowest BCUT2D eigenvalue weighted by atomic mass is 10.1. The topological polar surface area (TPSA) is 90.5 Å². The maximum absolute atomic E-state index is 5.75. The van der Waals surface area contributed by atoms with Gasteiger partial charge < -0.3 is 5.73 Å². The Balaban J connectivity index is 2.52. The second-order valence-corrected chi connectivity index (χ2v) is 3.99. The van der Waals surface area contributed by atoms with Crippen molar-refractivity contribution in [3.05, 3.63) is 35.3 Å². The fraction of sp³-hybridized carbons (Fsp3) is 0. The van der Waals surface area contributed by atoms with Crippen LogP contribution in [-0.4, -0.2) is 10.8 Å². The van der Waals surface area contributed by atoms with Gasteiger partial charge in [-0.1, -0.05) is 0 Å². The number of rotatable bonds is 2. The zero-order chi connectivity index (χ0) is 10.8. The average Bonchev–Trinajstić information content (AvgIpc) is 2.71. The molecule has 0 amide bonds. The minimum Gasteiger partial charge on any atom is -0.398 e. The summed E-state index contributed by atoms with van der Waals surface area (Å²) in [6, 6.07) is 5.54. The van der Waals surface area contributed by atoms with Crippen molar-refractivity contribution in [3.63, 3.8) is 0 Å². The van der Waals surface area contributed by atoms with E-state index in [0.29, 0.717) is 11.3 Å². The van der Waals surface area contributed by atoms with Crippen LogP contribution < -0.4 is 16.9 Å². The number of nitrogens with two attached hydrogens (primary N) is 3. The van der Waals surface area contributed by atoms with Crippen LogP contribution in [0.2, 0.25) is 0 Å². The van der Waals surface area contributed by atoms with Crippen LogP contribution in [0.25, 0.3) is 10.6 Å². The van der Waals surface area contributed by atoms with Crippen LogP contribution in [0.15, 0.2) is 29.8 Å². The van der Waals surface area contributed by atoms with Crippen LogP contribution in [0.5, 0.6) is 0 Å². The molecule has 1 aromatic heterocycles. The van der Waals surface area contributed by atoms with Crippen molar-refractivity contribution in [2.75, 3.05) is 5.73 Å². The third-order valence-corrected chi connectivity index (χ3v) is 2.87. The molecule has 0 radical (unpaired) electrons. The van der Waals surface area contributed by atoms with E-state index in [9.17, 15) is 0 Å². The highest BCUT2D eigenvalue weighted by Gasteiger charge is 2.09. The molecule has 2 rings (SSSR count). The largest absolute Gasteiger partial charge is 0.398 e. The Morgan fingerprint density at radius 2 is 2.20 bits per heavy atom. The Hall–Kier alpha value is -1.88. The second kappa shape index (κ2) is 3.70. The van der Waals surface area contributed by atoms with Gasteiger partial charge in [0.05, 0.1) is 5.56 Å². The normalized spacial score (nSPS) is 10.1. The highest BCUT2D eigenvalue weighted by Crippen LogP contribution is 2.24. The molecule has 5 heteroatoms. The number of anilines is 1. The molecule has 0 unspecified atom stereocenters. The lowest BCUT2D eigenvalue weighted by molar-refractivity contribution is -0.114. The molecule has 76 valence electrons. The highest BCUT2D eigenvalue weighted by atomic mass is 32.1. The van der Waals surface area contributed by atoms with Crippen molar-refractivity contribution >= 4 is 22.9 Å². The van der Waals surface area contributed by atoms with E-state index >= 15 is 0 Å². The van der Waals surface area contributed by atoms with Crippen LogP contribution in [0, 0.1) is 0 Å². The van der Waals surface area contributed by atoms with Gasteiger partial charge in [-0.2, -0.15) is 0 Å². The summed E-state index contributed by atoms with van der Waals surface area (Å²) < 4.78 is 0. The SMILES string of the molecule is NC(=[NH2+])c1cc(-c2nccs2)ccc1N. The van der Waals surface area contributed by atoms with Gasteiger partial charge in [-0.05, 0) is 18.2 Å². The van der Waals surface area contributed by atoms with Crippen LogP contribution in [0.3, 0.4) is 0 Å². The number of nitrogen functional groups attached to an aromatic ring is 1. The first kappa shape index (κ1) is 9.67. The van der Waals surface area contributed by atoms with Crippen molar-refractivity contribution in [2.24, 2.45) is 5.73 Å². The van der Waals surface area contributed by atoms with E-state index in [1.165, 1.54) is 0 Å². The highest BCUT2D eigenvalue weighted by molar-refractivity contribution is 7.13. The van der Waals surface area contributed by atoms with Crippen LogP contribution in [0.4, 0.5) is 5.69 Å². The van der Waals surface area contributed by atoms with E-state index in [1.807, 2.05) is 17.5 Å². The Morgan fingerprint density at radius 1 is 1.40 bits per heavy atom. The summed E-state index contributed by atoms with van der Waals surface area (Å²) >= 11 is 1.56. The third kappa shape index (κ3) is 1.82. The van der Waals surface area contributed by atoms with Gasteiger partial charge in [0.25, 0.3) is 5.84 Å². The van der Waals surface area contributed by atoms with Gasteiger partial charge in [0, 0.05) is 22.8 Å². The molecule has 0 atom stereocenters. The maximum atomic E-state index is 5.75. The number of hydrogen-bond donors (Lipinski definition) is 3. The fourth-order valence-electron chi connectivity index (χ4n) is 1.31. The quantitative estimate of drug-likeness (QED) is 0.373. The summed E-state index contributed by atoms with van der Waals surface area (Å²) in [5, 5.41) is 8.38. The molecular weight excluding hydrogens is 208 g/mol. The molecule has 2 aromatic rings. The van der Waals surface area contributed by atoms with Crippen LogP contribution in [0.1, 0.15) is 5.56 Å². The second-order valence-electron chi connectivity index (χ2n) is 3.09. The molecule has 15 heavy (non-hydrogen) atoms. The van der Waals surface area contributed by atoms with Crippen molar-refractivity contribution in [1.82, 2.24) is 4.98 Å². The van der Waals surface area contributed by atoms with Gasteiger partial charge in [0.1, 0.15) is 5.01 Å². The molecular formula is C10H11N4S+. The summed E-state index contributed by atoms with van der Waals surface area (Å²) in [5.41, 5.74) is 13.5. The fourth-order valence-corrected chi connectivity index (χ4v) is 1.94. The first-order valence-corrected chi connectivity index (χ1v) is 5.24. The Morgan fingerprint density at radius 3 is 2.80 bits per heavy atom. The zero-order valence-electron chi connectivity index (χ0n) is 7.97. The van der Waals surface area contributed by atoms with Crippen molar-refractivity contribution in [3.8, 4) is 10.6 Å². The predicted molar refractivity (Wildman–Crippen MR) is 62.2 cm³/mol. The van der Waals surface area contributed by atoms with E-state index in [4.69, 9.17) is 16.9 Å². The molecule has 0 spiro atoms. The molecule has 0 bridgehead atoms. The summed E-state index contributed by atoms with van der Waals surface area (Å²) in [5.74, 6) is 0.228. The number of thiazole rings is 1. The van der Waals surface area contributed by atoms with E-state index < -0.39 is 0 Å². The number of amidine groups is 1. The number of hydrogen-bond acceptors (Lipinski definition) is 3. The predicted octanol–water partition coefficient (Wildman–Crippen LogP) is -0.143. The minimum atomic E-state index is 0.228. The van der Waals surface area contributed by atoms with Gasteiger partial charge in [0.15, 0.2) is 0 Å². The smallest absolute Gasteiger partial charge is 0.272 e. The summed E-state index contributed by atoms with van der Waals surface area (Å²) in [4.78, 5) is 4.20. The molecule has 6 N–H and O–H groups in total. The monoisotopic (exact) mass is 219 g/mol. The van der Waals surface area contributed by atoms with Crippen LogP contribution >= 0.6 is 11.3 Å².